The van der Waals surface area contributed by atoms with Gasteiger partial charge in [-0.05, 0) is 103 Å². The van der Waals surface area contributed by atoms with Gasteiger partial charge in [0.15, 0.2) is 6.10 Å². The number of unbranched alkanes of at least 4 members (excludes halogenated alkanes) is 26. The van der Waals surface area contributed by atoms with Crippen LogP contribution in [0.2, 0.25) is 0 Å². The first kappa shape index (κ1) is 59.1. The lowest BCUT2D eigenvalue weighted by Crippen LogP contribution is -2.30. The van der Waals surface area contributed by atoms with E-state index in [2.05, 4.69) is 81.5 Å². The zero-order valence-corrected chi connectivity index (χ0v) is 40.9. The summed E-state index contributed by atoms with van der Waals surface area (Å²) in [5.74, 6) is -0.946. The van der Waals surface area contributed by atoms with Crippen LogP contribution in [0.4, 0.5) is 0 Å². The number of ether oxygens (including phenoxy) is 3. The van der Waals surface area contributed by atoms with Gasteiger partial charge < -0.3 is 14.2 Å². The molecule has 1 atom stereocenters. The van der Waals surface area contributed by atoms with Crippen molar-refractivity contribution in [3.05, 3.63) is 60.8 Å². The number of hydrogen-bond donors (Lipinski definition) is 0. The fourth-order valence-electron chi connectivity index (χ4n) is 7.27. The summed E-state index contributed by atoms with van der Waals surface area (Å²) in [6.07, 6.45) is 62.1. The van der Waals surface area contributed by atoms with Crippen molar-refractivity contribution in [2.24, 2.45) is 0 Å². The van der Waals surface area contributed by atoms with E-state index >= 15 is 0 Å². The van der Waals surface area contributed by atoms with Gasteiger partial charge in [0, 0.05) is 19.3 Å². The topological polar surface area (TPSA) is 78.9 Å². The SMILES string of the molecule is CC/C=C\C/C=C\C/C=C\CCCCC(=O)OCC(COC(=O)CCCCCCC/C=C\CCCCCCCCC)OC(=O)CCCCCCC/C=C\CCCCCCCCC. The summed E-state index contributed by atoms with van der Waals surface area (Å²) in [6, 6.07) is 0. The van der Waals surface area contributed by atoms with E-state index in [1.807, 2.05) is 0 Å². The lowest BCUT2D eigenvalue weighted by molar-refractivity contribution is -0.167. The second-order valence-corrected chi connectivity index (χ2v) is 17.4. The summed E-state index contributed by atoms with van der Waals surface area (Å²) in [5.41, 5.74) is 0. The van der Waals surface area contributed by atoms with Crippen LogP contribution in [0.1, 0.15) is 258 Å². The number of carbonyl (C=O) groups is 3. The maximum atomic E-state index is 12.8. The second-order valence-electron chi connectivity index (χ2n) is 17.4. The smallest absolute Gasteiger partial charge is 0.306 e. The minimum atomic E-state index is -0.796. The van der Waals surface area contributed by atoms with Gasteiger partial charge in [-0.3, -0.25) is 14.4 Å². The molecular weight excluding hydrogens is 769 g/mol. The highest BCUT2D eigenvalue weighted by Gasteiger charge is 2.19. The fraction of sp³-hybridized carbons (Fsp3) is 0.768. The molecule has 0 heterocycles. The number of carbonyl (C=O) groups excluding carboxylic acids is 3. The van der Waals surface area contributed by atoms with E-state index in [1.54, 1.807) is 0 Å². The van der Waals surface area contributed by atoms with Crippen molar-refractivity contribution in [2.75, 3.05) is 13.2 Å². The third-order valence-corrected chi connectivity index (χ3v) is 11.2. The molecule has 0 aliphatic rings. The van der Waals surface area contributed by atoms with Crippen LogP contribution in [-0.4, -0.2) is 37.2 Å². The average Bonchev–Trinajstić information content (AvgIpc) is 3.27. The monoisotopic (exact) mass is 867 g/mol. The first-order chi connectivity index (χ1) is 30.5. The summed E-state index contributed by atoms with van der Waals surface area (Å²) in [5, 5.41) is 0. The molecular formula is C56H98O6. The second kappa shape index (κ2) is 50.8. The molecule has 0 saturated carbocycles. The Balaban J connectivity index is 4.42. The number of hydrogen-bond acceptors (Lipinski definition) is 6. The minimum absolute atomic E-state index is 0.0936. The van der Waals surface area contributed by atoms with Crippen LogP contribution >= 0.6 is 0 Å². The number of allylic oxidation sites excluding steroid dienone is 10. The molecule has 1 unspecified atom stereocenters. The van der Waals surface area contributed by atoms with Gasteiger partial charge in [-0.25, -0.2) is 0 Å². The summed E-state index contributed by atoms with van der Waals surface area (Å²) < 4.78 is 16.8. The Morgan fingerprint density at radius 2 is 0.629 bits per heavy atom. The van der Waals surface area contributed by atoms with Crippen LogP contribution < -0.4 is 0 Å². The summed E-state index contributed by atoms with van der Waals surface area (Å²) in [4.78, 5) is 38.0. The van der Waals surface area contributed by atoms with Crippen LogP contribution in [0.15, 0.2) is 60.8 Å². The van der Waals surface area contributed by atoms with Gasteiger partial charge >= 0.3 is 17.9 Å². The zero-order valence-electron chi connectivity index (χ0n) is 40.9. The summed E-state index contributed by atoms with van der Waals surface area (Å²) >= 11 is 0. The Kier molecular flexibility index (Phi) is 48.4. The maximum Gasteiger partial charge on any atom is 0.306 e. The molecule has 0 spiro atoms. The molecule has 0 aromatic rings. The molecule has 0 radical (unpaired) electrons. The van der Waals surface area contributed by atoms with Crippen molar-refractivity contribution in [1.29, 1.82) is 0 Å². The fourth-order valence-corrected chi connectivity index (χ4v) is 7.27. The van der Waals surface area contributed by atoms with Gasteiger partial charge in [-0.15, -0.1) is 0 Å². The molecule has 0 saturated heterocycles. The van der Waals surface area contributed by atoms with Crippen molar-refractivity contribution < 1.29 is 28.6 Å². The Morgan fingerprint density at radius 1 is 0.339 bits per heavy atom. The highest BCUT2D eigenvalue weighted by atomic mass is 16.6. The molecule has 0 N–H and O–H groups in total. The summed E-state index contributed by atoms with van der Waals surface area (Å²) in [6.45, 7) is 6.48. The predicted molar refractivity (Wildman–Crippen MR) is 265 cm³/mol. The van der Waals surface area contributed by atoms with Crippen molar-refractivity contribution in [3.63, 3.8) is 0 Å². The molecule has 0 fully saturated rings. The van der Waals surface area contributed by atoms with E-state index in [0.29, 0.717) is 19.3 Å². The first-order valence-electron chi connectivity index (χ1n) is 26.3. The number of esters is 3. The van der Waals surface area contributed by atoms with Crippen molar-refractivity contribution in [3.8, 4) is 0 Å². The highest BCUT2D eigenvalue weighted by molar-refractivity contribution is 5.71. The standard InChI is InChI=1S/C56H98O6/c1-4-7-10-13-16-19-22-25-27-29-31-34-37-40-43-46-49-55(58)61-52-53(51-60-54(57)48-45-42-39-36-33-24-21-18-15-12-9-6-3)62-56(59)50-47-44-41-38-35-32-30-28-26-23-20-17-14-11-8-5-2/h9,12,18,21,27-30,33,36,53H,4-8,10-11,13-17,19-20,22-26,31-32,34-35,37-52H2,1-3H3/b12-9-,21-18-,29-27-,30-28-,36-33-. The van der Waals surface area contributed by atoms with E-state index in [9.17, 15) is 14.4 Å². The molecule has 0 aromatic heterocycles. The Labute approximate surface area is 383 Å². The molecule has 6 heteroatoms. The Hall–Kier alpha value is -2.89. The van der Waals surface area contributed by atoms with Crippen LogP contribution in [0.25, 0.3) is 0 Å². The predicted octanol–water partition coefficient (Wildman–Crippen LogP) is 17.3. The van der Waals surface area contributed by atoms with Crippen molar-refractivity contribution in [2.45, 2.75) is 264 Å². The van der Waals surface area contributed by atoms with Gasteiger partial charge in [0.2, 0.25) is 0 Å². The molecule has 62 heavy (non-hydrogen) atoms. The third kappa shape index (κ3) is 48.1. The van der Waals surface area contributed by atoms with Gasteiger partial charge in [0.05, 0.1) is 0 Å². The molecule has 0 aromatic carbocycles. The van der Waals surface area contributed by atoms with Crippen molar-refractivity contribution >= 4 is 17.9 Å². The van der Waals surface area contributed by atoms with E-state index in [-0.39, 0.29) is 31.1 Å². The van der Waals surface area contributed by atoms with Crippen LogP contribution in [0.5, 0.6) is 0 Å². The van der Waals surface area contributed by atoms with Crippen molar-refractivity contribution in [1.82, 2.24) is 0 Å². The van der Waals surface area contributed by atoms with Crippen LogP contribution in [0, 0.1) is 0 Å². The molecule has 0 amide bonds. The third-order valence-electron chi connectivity index (χ3n) is 11.2. The van der Waals surface area contributed by atoms with Gasteiger partial charge in [0.1, 0.15) is 13.2 Å². The van der Waals surface area contributed by atoms with E-state index < -0.39 is 6.10 Å². The average molecular weight is 867 g/mol. The van der Waals surface area contributed by atoms with E-state index in [4.69, 9.17) is 14.2 Å². The Morgan fingerprint density at radius 3 is 1.03 bits per heavy atom. The zero-order chi connectivity index (χ0) is 45.1. The lowest BCUT2D eigenvalue weighted by Gasteiger charge is -2.18. The maximum absolute atomic E-state index is 12.8. The first-order valence-corrected chi connectivity index (χ1v) is 26.3. The minimum Gasteiger partial charge on any atom is -0.462 e. The molecule has 0 rings (SSSR count). The molecule has 0 aliphatic heterocycles. The Bertz CT molecular complexity index is 1130. The van der Waals surface area contributed by atoms with Crippen LogP contribution in [0.3, 0.4) is 0 Å². The largest absolute Gasteiger partial charge is 0.462 e. The summed E-state index contributed by atoms with van der Waals surface area (Å²) in [7, 11) is 0. The molecule has 6 nitrogen and oxygen atoms in total. The van der Waals surface area contributed by atoms with E-state index in [0.717, 1.165) is 96.3 Å². The van der Waals surface area contributed by atoms with Gasteiger partial charge in [-0.2, -0.15) is 0 Å². The highest BCUT2D eigenvalue weighted by Crippen LogP contribution is 2.14. The normalized spacial score (nSPS) is 12.5. The lowest BCUT2D eigenvalue weighted by atomic mass is 10.1. The van der Waals surface area contributed by atoms with Gasteiger partial charge in [-0.1, -0.05) is 197 Å². The quantitative estimate of drug-likeness (QED) is 0.0262. The number of rotatable bonds is 47. The van der Waals surface area contributed by atoms with Gasteiger partial charge in [0.25, 0.3) is 0 Å². The molecule has 0 aliphatic carbocycles. The van der Waals surface area contributed by atoms with E-state index in [1.165, 1.54) is 122 Å². The van der Waals surface area contributed by atoms with Crippen LogP contribution in [-0.2, 0) is 28.6 Å². The molecule has 0 bridgehead atoms. The molecule has 358 valence electrons.